The Morgan fingerprint density at radius 2 is 2.38 bits per heavy atom. The molecule has 0 saturated carbocycles. The zero-order chi connectivity index (χ0) is 15.2. The molecule has 1 aromatic rings. The lowest BCUT2D eigenvalue weighted by Gasteiger charge is -2.31. The molecule has 1 saturated heterocycles. The molecule has 1 aromatic heterocycles. The van der Waals surface area contributed by atoms with Gasteiger partial charge in [-0.2, -0.15) is 0 Å². The molecule has 0 aliphatic carbocycles. The average Bonchev–Trinajstić information content (AvgIpc) is 2.46. The lowest BCUT2D eigenvalue weighted by molar-refractivity contribution is -0.147. The van der Waals surface area contributed by atoms with Crippen LogP contribution in [0.2, 0.25) is 0 Å². The SMILES string of the molecule is O=C(O)CO[C@H]1CCOC[C@H]1NC(=O)c1ccncc1F. The molecule has 114 valence electrons. The average molecular weight is 298 g/mol. The number of ether oxygens (including phenoxy) is 2. The van der Waals surface area contributed by atoms with E-state index < -0.39 is 36.4 Å². The van der Waals surface area contributed by atoms with Gasteiger partial charge in [0.2, 0.25) is 0 Å². The van der Waals surface area contributed by atoms with Crippen LogP contribution in [-0.4, -0.2) is 53.9 Å². The molecule has 1 amide bonds. The van der Waals surface area contributed by atoms with E-state index in [1.165, 1.54) is 12.3 Å². The van der Waals surface area contributed by atoms with Crippen molar-refractivity contribution in [3.05, 3.63) is 29.8 Å². The van der Waals surface area contributed by atoms with Gasteiger partial charge in [-0.1, -0.05) is 0 Å². The second-order valence-electron chi connectivity index (χ2n) is 4.54. The van der Waals surface area contributed by atoms with Gasteiger partial charge in [0.05, 0.1) is 30.5 Å². The van der Waals surface area contributed by atoms with Gasteiger partial charge in [0.1, 0.15) is 6.61 Å². The maximum atomic E-state index is 13.5. The van der Waals surface area contributed by atoms with Gasteiger partial charge in [-0.05, 0) is 12.5 Å². The highest BCUT2D eigenvalue weighted by molar-refractivity contribution is 5.94. The number of nitrogens with one attached hydrogen (secondary N) is 1. The fourth-order valence-corrected chi connectivity index (χ4v) is 2.04. The van der Waals surface area contributed by atoms with Crippen molar-refractivity contribution in [2.24, 2.45) is 0 Å². The lowest BCUT2D eigenvalue weighted by atomic mass is 10.1. The van der Waals surface area contributed by atoms with E-state index in [9.17, 15) is 14.0 Å². The standard InChI is InChI=1S/C13H15FN2O5/c14-9-5-15-3-1-8(9)13(19)16-10-6-20-4-2-11(10)21-7-12(17)18/h1,3,5,10-11H,2,4,6-7H2,(H,16,19)(H,17,18)/t10-,11+/m1/s1. The monoisotopic (exact) mass is 298 g/mol. The summed E-state index contributed by atoms with van der Waals surface area (Å²) in [4.78, 5) is 26.1. The number of hydrogen-bond donors (Lipinski definition) is 2. The van der Waals surface area contributed by atoms with E-state index in [-0.39, 0.29) is 12.2 Å². The molecule has 21 heavy (non-hydrogen) atoms. The first-order valence-corrected chi connectivity index (χ1v) is 6.39. The third-order valence-corrected chi connectivity index (χ3v) is 3.05. The fourth-order valence-electron chi connectivity index (χ4n) is 2.04. The smallest absolute Gasteiger partial charge is 0.329 e. The van der Waals surface area contributed by atoms with Crippen molar-refractivity contribution in [2.75, 3.05) is 19.8 Å². The number of aromatic nitrogens is 1. The molecule has 0 radical (unpaired) electrons. The van der Waals surface area contributed by atoms with Crippen molar-refractivity contribution in [3.8, 4) is 0 Å². The highest BCUT2D eigenvalue weighted by Gasteiger charge is 2.29. The van der Waals surface area contributed by atoms with Gasteiger partial charge in [0.25, 0.3) is 5.91 Å². The van der Waals surface area contributed by atoms with Crippen LogP contribution in [0.3, 0.4) is 0 Å². The minimum atomic E-state index is -1.09. The Kier molecular flexibility index (Phi) is 5.18. The molecule has 7 nitrogen and oxygen atoms in total. The molecule has 0 bridgehead atoms. The van der Waals surface area contributed by atoms with Crippen LogP contribution in [0.1, 0.15) is 16.8 Å². The quantitative estimate of drug-likeness (QED) is 0.806. The second-order valence-corrected chi connectivity index (χ2v) is 4.54. The molecular formula is C13H15FN2O5. The summed E-state index contributed by atoms with van der Waals surface area (Å²) in [5, 5.41) is 11.2. The molecule has 2 atom stereocenters. The van der Waals surface area contributed by atoms with Gasteiger partial charge in [-0.25, -0.2) is 9.18 Å². The maximum Gasteiger partial charge on any atom is 0.329 e. The number of amides is 1. The predicted molar refractivity (Wildman–Crippen MR) is 68.3 cm³/mol. The van der Waals surface area contributed by atoms with Crippen LogP contribution in [0, 0.1) is 5.82 Å². The van der Waals surface area contributed by atoms with Crippen LogP contribution in [0.4, 0.5) is 4.39 Å². The Hall–Kier alpha value is -2.06. The van der Waals surface area contributed by atoms with Crippen LogP contribution in [0.25, 0.3) is 0 Å². The number of carboxylic acids is 1. The van der Waals surface area contributed by atoms with Crippen LogP contribution in [0.5, 0.6) is 0 Å². The molecule has 0 aromatic carbocycles. The van der Waals surface area contributed by atoms with E-state index in [1.54, 1.807) is 0 Å². The first kappa shape index (κ1) is 15.3. The molecule has 2 rings (SSSR count). The van der Waals surface area contributed by atoms with Crippen LogP contribution in [0.15, 0.2) is 18.5 Å². The van der Waals surface area contributed by atoms with Gasteiger partial charge in [-0.3, -0.25) is 9.78 Å². The Bertz CT molecular complexity index is 525. The van der Waals surface area contributed by atoms with E-state index >= 15 is 0 Å². The van der Waals surface area contributed by atoms with Crippen molar-refractivity contribution in [1.29, 1.82) is 0 Å². The molecule has 2 heterocycles. The third kappa shape index (κ3) is 4.20. The summed E-state index contributed by atoms with van der Waals surface area (Å²) < 4.78 is 23.9. The largest absolute Gasteiger partial charge is 0.480 e. The summed E-state index contributed by atoms with van der Waals surface area (Å²) in [5.41, 5.74) is -0.132. The van der Waals surface area contributed by atoms with Gasteiger partial charge < -0.3 is 19.9 Å². The Morgan fingerprint density at radius 3 is 3.10 bits per heavy atom. The highest BCUT2D eigenvalue weighted by atomic mass is 19.1. The summed E-state index contributed by atoms with van der Waals surface area (Å²) in [5.74, 6) is -2.43. The molecule has 1 aliphatic heterocycles. The number of nitrogens with zero attached hydrogens (tertiary/aromatic N) is 1. The van der Waals surface area contributed by atoms with E-state index in [1.807, 2.05) is 0 Å². The van der Waals surface area contributed by atoms with Crippen LogP contribution < -0.4 is 5.32 Å². The van der Waals surface area contributed by atoms with E-state index in [0.29, 0.717) is 13.0 Å². The number of halogens is 1. The van der Waals surface area contributed by atoms with Gasteiger partial charge >= 0.3 is 5.97 Å². The summed E-state index contributed by atoms with van der Waals surface area (Å²) in [6, 6.07) is 0.736. The Labute approximate surface area is 120 Å². The van der Waals surface area contributed by atoms with E-state index in [0.717, 1.165) is 6.20 Å². The van der Waals surface area contributed by atoms with E-state index in [2.05, 4.69) is 10.3 Å². The first-order chi connectivity index (χ1) is 10.1. The number of carboxylic acid groups (broad SMARTS) is 1. The topological polar surface area (TPSA) is 97.8 Å². The molecule has 2 N–H and O–H groups in total. The number of carbonyl (C=O) groups excluding carboxylic acids is 1. The molecular weight excluding hydrogens is 283 g/mol. The molecule has 0 spiro atoms. The van der Waals surface area contributed by atoms with Gasteiger partial charge in [0.15, 0.2) is 5.82 Å². The fraction of sp³-hybridized carbons (Fsp3) is 0.462. The number of pyridine rings is 1. The first-order valence-electron chi connectivity index (χ1n) is 6.39. The minimum absolute atomic E-state index is 0.132. The van der Waals surface area contributed by atoms with Gasteiger partial charge in [-0.15, -0.1) is 0 Å². The van der Waals surface area contributed by atoms with Crippen molar-refractivity contribution in [3.63, 3.8) is 0 Å². The second kappa shape index (κ2) is 7.09. The van der Waals surface area contributed by atoms with Crippen molar-refractivity contribution < 1.29 is 28.6 Å². The summed E-state index contributed by atoms with van der Waals surface area (Å²) in [7, 11) is 0. The van der Waals surface area contributed by atoms with Gasteiger partial charge in [0, 0.05) is 12.8 Å². The third-order valence-electron chi connectivity index (χ3n) is 3.05. The molecule has 1 aliphatic rings. The van der Waals surface area contributed by atoms with Crippen molar-refractivity contribution in [1.82, 2.24) is 10.3 Å². The number of aliphatic carboxylic acids is 1. The maximum absolute atomic E-state index is 13.5. The van der Waals surface area contributed by atoms with Crippen LogP contribution in [-0.2, 0) is 14.3 Å². The zero-order valence-corrected chi connectivity index (χ0v) is 11.1. The molecule has 0 unspecified atom stereocenters. The van der Waals surface area contributed by atoms with Crippen molar-refractivity contribution in [2.45, 2.75) is 18.6 Å². The predicted octanol–water partition coefficient (Wildman–Crippen LogP) is 0.209. The summed E-state index contributed by atoms with van der Waals surface area (Å²) >= 11 is 0. The highest BCUT2D eigenvalue weighted by Crippen LogP contribution is 2.13. The van der Waals surface area contributed by atoms with E-state index in [4.69, 9.17) is 14.6 Å². The Morgan fingerprint density at radius 1 is 1.57 bits per heavy atom. The minimum Gasteiger partial charge on any atom is -0.480 e. The normalized spacial score (nSPS) is 21.8. The summed E-state index contributed by atoms with van der Waals surface area (Å²) in [6.45, 7) is 0.143. The number of hydrogen-bond acceptors (Lipinski definition) is 5. The molecule has 8 heteroatoms. The lowest BCUT2D eigenvalue weighted by Crippen LogP contribution is -2.51. The van der Waals surface area contributed by atoms with Crippen LogP contribution >= 0.6 is 0 Å². The zero-order valence-electron chi connectivity index (χ0n) is 11.1. The number of carbonyl (C=O) groups is 2. The van der Waals surface area contributed by atoms with Crippen molar-refractivity contribution >= 4 is 11.9 Å². The number of rotatable bonds is 5. The Balaban J connectivity index is 2.00. The summed E-state index contributed by atoms with van der Waals surface area (Å²) in [6.07, 6.45) is 2.24. The molecule has 1 fully saturated rings.